The molecular formula is C25H25N3O2. The van der Waals surface area contributed by atoms with Crippen molar-refractivity contribution in [1.82, 2.24) is 4.90 Å². The van der Waals surface area contributed by atoms with Crippen molar-refractivity contribution in [2.45, 2.75) is 13.0 Å². The Balaban J connectivity index is 1.45. The third-order valence-electron chi connectivity index (χ3n) is 5.47. The SMILES string of the molecule is CN(c1ccccc1)c1ccccc1NC(=O)C1CC(=O)N(Cc2ccccc2)C1. The molecule has 5 heteroatoms. The molecule has 1 aliphatic heterocycles. The van der Waals surface area contributed by atoms with Crippen LogP contribution in [0.25, 0.3) is 0 Å². The fourth-order valence-electron chi connectivity index (χ4n) is 3.80. The van der Waals surface area contributed by atoms with Crippen LogP contribution in [0.15, 0.2) is 84.9 Å². The highest BCUT2D eigenvalue weighted by atomic mass is 16.2. The molecule has 0 aromatic heterocycles. The van der Waals surface area contributed by atoms with Gasteiger partial charge >= 0.3 is 0 Å². The standard InChI is InChI=1S/C25H25N3O2/c1-27(21-12-6-3-7-13-21)23-15-9-8-14-22(23)26-25(30)20-16-24(29)28(18-20)17-19-10-4-2-5-11-19/h2-15,20H,16-18H2,1H3,(H,26,30). The lowest BCUT2D eigenvalue weighted by Gasteiger charge is -2.23. The molecule has 3 aromatic carbocycles. The molecular weight excluding hydrogens is 374 g/mol. The van der Waals surface area contributed by atoms with Crippen molar-refractivity contribution in [2.24, 2.45) is 5.92 Å². The van der Waals surface area contributed by atoms with E-state index in [1.54, 1.807) is 4.90 Å². The molecule has 1 N–H and O–H groups in total. The van der Waals surface area contributed by atoms with Crippen LogP contribution in [-0.2, 0) is 16.1 Å². The number of nitrogens with zero attached hydrogens (tertiary/aromatic N) is 2. The number of hydrogen-bond donors (Lipinski definition) is 1. The number of hydrogen-bond acceptors (Lipinski definition) is 3. The third-order valence-corrected chi connectivity index (χ3v) is 5.47. The van der Waals surface area contributed by atoms with E-state index >= 15 is 0 Å². The summed E-state index contributed by atoms with van der Waals surface area (Å²) in [7, 11) is 1.97. The van der Waals surface area contributed by atoms with Crippen LogP contribution >= 0.6 is 0 Å². The Bertz CT molecular complexity index is 1020. The van der Waals surface area contributed by atoms with E-state index in [2.05, 4.69) is 5.32 Å². The maximum atomic E-state index is 13.0. The second-order valence-electron chi connectivity index (χ2n) is 7.56. The van der Waals surface area contributed by atoms with E-state index < -0.39 is 0 Å². The second kappa shape index (κ2) is 8.82. The number of benzene rings is 3. The lowest BCUT2D eigenvalue weighted by atomic mass is 10.1. The van der Waals surface area contributed by atoms with Crippen molar-refractivity contribution in [3.8, 4) is 0 Å². The van der Waals surface area contributed by atoms with Gasteiger partial charge in [0.15, 0.2) is 0 Å². The van der Waals surface area contributed by atoms with E-state index in [0.717, 1.165) is 22.6 Å². The third kappa shape index (κ3) is 4.35. The Hall–Kier alpha value is -3.60. The minimum absolute atomic E-state index is 0.0219. The molecule has 0 bridgehead atoms. The lowest BCUT2D eigenvalue weighted by molar-refractivity contribution is -0.128. The zero-order chi connectivity index (χ0) is 20.9. The Morgan fingerprint density at radius 2 is 1.60 bits per heavy atom. The number of amides is 2. The highest BCUT2D eigenvalue weighted by molar-refractivity contribution is 5.99. The molecule has 152 valence electrons. The quantitative estimate of drug-likeness (QED) is 0.667. The lowest BCUT2D eigenvalue weighted by Crippen LogP contribution is -2.28. The van der Waals surface area contributed by atoms with Gasteiger partial charge < -0.3 is 15.1 Å². The summed E-state index contributed by atoms with van der Waals surface area (Å²) < 4.78 is 0. The molecule has 1 fully saturated rings. The number of carbonyl (C=O) groups excluding carboxylic acids is 2. The fourth-order valence-corrected chi connectivity index (χ4v) is 3.80. The first-order valence-corrected chi connectivity index (χ1v) is 10.1. The first kappa shape index (κ1) is 19.7. The molecule has 0 radical (unpaired) electrons. The monoisotopic (exact) mass is 399 g/mol. The van der Waals surface area contributed by atoms with Crippen LogP contribution < -0.4 is 10.2 Å². The molecule has 0 saturated carbocycles. The highest BCUT2D eigenvalue weighted by Crippen LogP contribution is 2.31. The van der Waals surface area contributed by atoms with Gasteiger partial charge in [-0.2, -0.15) is 0 Å². The van der Waals surface area contributed by atoms with Crippen LogP contribution in [-0.4, -0.2) is 30.3 Å². The predicted molar refractivity (Wildman–Crippen MR) is 120 cm³/mol. The number of carbonyl (C=O) groups is 2. The van der Waals surface area contributed by atoms with Gasteiger partial charge in [0.1, 0.15) is 0 Å². The van der Waals surface area contributed by atoms with Crippen LogP contribution in [0.2, 0.25) is 0 Å². The molecule has 0 spiro atoms. The molecule has 5 nitrogen and oxygen atoms in total. The van der Waals surface area contributed by atoms with Crippen LogP contribution in [0.3, 0.4) is 0 Å². The number of likely N-dealkylation sites (tertiary alicyclic amines) is 1. The van der Waals surface area contributed by atoms with Crippen LogP contribution in [0.4, 0.5) is 17.1 Å². The number of rotatable bonds is 6. The van der Waals surface area contributed by atoms with Gasteiger partial charge in [-0.05, 0) is 29.8 Å². The van der Waals surface area contributed by atoms with E-state index in [1.807, 2.05) is 96.9 Å². The average Bonchev–Trinajstić information content (AvgIpc) is 3.15. The molecule has 1 heterocycles. The van der Waals surface area contributed by atoms with E-state index in [-0.39, 0.29) is 24.2 Å². The van der Waals surface area contributed by atoms with Crippen LogP contribution in [0, 0.1) is 5.92 Å². The Morgan fingerprint density at radius 1 is 0.967 bits per heavy atom. The molecule has 1 saturated heterocycles. The number of nitrogens with one attached hydrogen (secondary N) is 1. The summed E-state index contributed by atoms with van der Waals surface area (Å²) >= 11 is 0. The highest BCUT2D eigenvalue weighted by Gasteiger charge is 2.34. The summed E-state index contributed by atoms with van der Waals surface area (Å²) in [4.78, 5) is 29.2. The minimum atomic E-state index is -0.351. The summed E-state index contributed by atoms with van der Waals surface area (Å²) in [6.45, 7) is 0.979. The van der Waals surface area contributed by atoms with Crippen molar-refractivity contribution in [3.05, 3.63) is 90.5 Å². The number of anilines is 3. The van der Waals surface area contributed by atoms with Gasteiger partial charge in [0.25, 0.3) is 0 Å². The Labute approximate surface area is 176 Å². The first-order valence-electron chi connectivity index (χ1n) is 10.1. The molecule has 3 aromatic rings. The number of para-hydroxylation sites is 3. The summed E-state index contributed by atoms with van der Waals surface area (Å²) in [5.74, 6) is -0.446. The van der Waals surface area contributed by atoms with Gasteiger partial charge in [0.05, 0.1) is 17.3 Å². The molecule has 0 aliphatic carbocycles. The largest absolute Gasteiger partial charge is 0.343 e. The van der Waals surface area contributed by atoms with Gasteiger partial charge in [-0.25, -0.2) is 0 Å². The van der Waals surface area contributed by atoms with Gasteiger partial charge in [0.2, 0.25) is 11.8 Å². The normalized spacial score (nSPS) is 15.8. The molecule has 1 unspecified atom stereocenters. The van der Waals surface area contributed by atoms with E-state index in [4.69, 9.17) is 0 Å². The molecule has 4 rings (SSSR count). The van der Waals surface area contributed by atoms with Crippen LogP contribution in [0.5, 0.6) is 0 Å². The van der Waals surface area contributed by atoms with Crippen molar-refractivity contribution in [3.63, 3.8) is 0 Å². The molecule has 2 amide bonds. The van der Waals surface area contributed by atoms with E-state index in [1.165, 1.54) is 0 Å². The van der Waals surface area contributed by atoms with E-state index in [9.17, 15) is 9.59 Å². The Kier molecular flexibility index (Phi) is 5.80. The van der Waals surface area contributed by atoms with Crippen molar-refractivity contribution < 1.29 is 9.59 Å². The first-order chi connectivity index (χ1) is 14.6. The summed E-state index contributed by atoms with van der Waals surface area (Å²) in [5.41, 5.74) is 3.75. The molecule has 1 aliphatic rings. The summed E-state index contributed by atoms with van der Waals surface area (Å²) in [5, 5.41) is 3.05. The zero-order valence-electron chi connectivity index (χ0n) is 17.0. The molecule has 1 atom stereocenters. The smallest absolute Gasteiger partial charge is 0.229 e. The summed E-state index contributed by atoms with van der Waals surface area (Å²) in [6, 6.07) is 27.6. The molecule has 30 heavy (non-hydrogen) atoms. The Morgan fingerprint density at radius 3 is 2.33 bits per heavy atom. The van der Waals surface area contributed by atoms with Gasteiger partial charge in [-0.3, -0.25) is 9.59 Å². The van der Waals surface area contributed by atoms with Gasteiger partial charge in [-0.1, -0.05) is 60.7 Å². The van der Waals surface area contributed by atoms with Crippen LogP contribution in [0.1, 0.15) is 12.0 Å². The maximum Gasteiger partial charge on any atom is 0.229 e. The summed E-state index contributed by atoms with van der Waals surface area (Å²) in [6.07, 6.45) is 0.245. The van der Waals surface area contributed by atoms with Gasteiger partial charge in [-0.15, -0.1) is 0 Å². The second-order valence-corrected chi connectivity index (χ2v) is 7.56. The average molecular weight is 399 g/mol. The minimum Gasteiger partial charge on any atom is -0.343 e. The maximum absolute atomic E-state index is 13.0. The topological polar surface area (TPSA) is 52.7 Å². The van der Waals surface area contributed by atoms with Crippen molar-refractivity contribution in [1.29, 1.82) is 0 Å². The van der Waals surface area contributed by atoms with Gasteiger partial charge in [0, 0.05) is 32.2 Å². The predicted octanol–water partition coefficient (Wildman–Crippen LogP) is 4.44. The van der Waals surface area contributed by atoms with E-state index in [0.29, 0.717) is 13.1 Å². The van der Waals surface area contributed by atoms with Crippen molar-refractivity contribution >= 4 is 28.9 Å². The zero-order valence-corrected chi connectivity index (χ0v) is 17.0. The fraction of sp³-hybridized carbons (Fsp3) is 0.200. The van der Waals surface area contributed by atoms with Crippen molar-refractivity contribution in [2.75, 3.05) is 23.8 Å².